The molecule has 0 spiro atoms. The number of hydrazine groups is 1. The first-order valence-electron chi connectivity index (χ1n) is 6.90. The number of halogens is 3. The van der Waals surface area contributed by atoms with Gasteiger partial charge >= 0.3 is 0 Å². The van der Waals surface area contributed by atoms with E-state index in [1.165, 1.54) is 11.3 Å². The third kappa shape index (κ3) is 4.34. The number of nitrogens with zero attached hydrogens (tertiary/aromatic N) is 1. The van der Waals surface area contributed by atoms with Crippen molar-refractivity contribution in [3.05, 3.63) is 44.8 Å². The molecule has 25 heavy (non-hydrogen) atoms. The van der Waals surface area contributed by atoms with E-state index >= 15 is 0 Å². The highest BCUT2D eigenvalue weighted by Gasteiger charge is 2.11. The Balaban J connectivity index is 1.69. The van der Waals surface area contributed by atoms with Gasteiger partial charge in [0.25, 0.3) is 5.91 Å². The monoisotopic (exact) mass is 460 g/mol. The van der Waals surface area contributed by atoms with Gasteiger partial charge in [0.05, 0.1) is 15.2 Å². The molecule has 3 rings (SSSR count). The molecule has 0 saturated carbocycles. The SMILES string of the molecule is NNc1nc2c(Br)cc(NC(=O)COc3ccc(Cl)cc3Cl)cc2s1. The molecule has 0 bridgehead atoms. The normalized spacial score (nSPS) is 10.7. The van der Waals surface area contributed by atoms with Crippen LogP contribution in [0, 0.1) is 0 Å². The van der Waals surface area contributed by atoms with Crippen LogP contribution in [0.1, 0.15) is 0 Å². The first kappa shape index (κ1) is 18.2. The van der Waals surface area contributed by atoms with Crippen LogP contribution in [-0.4, -0.2) is 17.5 Å². The van der Waals surface area contributed by atoms with Gasteiger partial charge in [-0.2, -0.15) is 0 Å². The van der Waals surface area contributed by atoms with Gasteiger partial charge in [-0.25, -0.2) is 10.8 Å². The molecule has 6 nitrogen and oxygen atoms in total. The van der Waals surface area contributed by atoms with E-state index in [2.05, 4.69) is 31.7 Å². The molecule has 130 valence electrons. The summed E-state index contributed by atoms with van der Waals surface area (Å²) >= 11 is 16.6. The summed E-state index contributed by atoms with van der Waals surface area (Å²) in [7, 11) is 0. The summed E-state index contributed by atoms with van der Waals surface area (Å²) < 4.78 is 7.04. The van der Waals surface area contributed by atoms with Crippen molar-refractivity contribution < 1.29 is 9.53 Å². The number of nitrogens with one attached hydrogen (secondary N) is 2. The molecule has 2 aromatic carbocycles. The zero-order valence-corrected chi connectivity index (χ0v) is 16.4. The van der Waals surface area contributed by atoms with Gasteiger partial charge in [0.15, 0.2) is 11.7 Å². The summed E-state index contributed by atoms with van der Waals surface area (Å²) in [6, 6.07) is 8.37. The second kappa shape index (κ2) is 7.76. The minimum Gasteiger partial charge on any atom is -0.482 e. The Labute approximate surface area is 165 Å². The molecule has 0 atom stereocenters. The van der Waals surface area contributed by atoms with Gasteiger partial charge in [-0.3, -0.25) is 10.2 Å². The molecule has 1 amide bonds. The van der Waals surface area contributed by atoms with E-state index in [0.717, 1.165) is 14.7 Å². The Morgan fingerprint density at radius 3 is 2.84 bits per heavy atom. The average Bonchev–Trinajstić information content (AvgIpc) is 2.98. The van der Waals surface area contributed by atoms with Crippen molar-refractivity contribution in [2.24, 2.45) is 5.84 Å². The fraction of sp³-hybridized carbons (Fsp3) is 0.0667. The van der Waals surface area contributed by atoms with Crippen molar-refractivity contribution in [1.82, 2.24) is 4.98 Å². The van der Waals surface area contributed by atoms with E-state index in [1.807, 2.05) is 6.07 Å². The van der Waals surface area contributed by atoms with Crippen LogP contribution in [0.25, 0.3) is 10.2 Å². The number of amides is 1. The maximum absolute atomic E-state index is 12.1. The van der Waals surface area contributed by atoms with Gasteiger partial charge in [-0.15, -0.1) is 0 Å². The molecule has 0 aliphatic rings. The highest BCUT2D eigenvalue weighted by atomic mass is 79.9. The maximum atomic E-state index is 12.1. The fourth-order valence-electron chi connectivity index (χ4n) is 2.06. The van der Waals surface area contributed by atoms with Gasteiger partial charge in [0.1, 0.15) is 5.75 Å². The third-order valence-electron chi connectivity index (χ3n) is 3.11. The number of ether oxygens (including phenoxy) is 1. The van der Waals surface area contributed by atoms with Crippen LogP contribution in [-0.2, 0) is 4.79 Å². The largest absolute Gasteiger partial charge is 0.482 e. The molecule has 0 radical (unpaired) electrons. The van der Waals surface area contributed by atoms with Crippen LogP contribution in [0.2, 0.25) is 10.0 Å². The molecule has 3 aromatic rings. The highest BCUT2D eigenvalue weighted by Crippen LogP contribution is 2.34. The molecule has 0 aliphatic carbocycles. The number of benzene rings is 2. The van der Waals surface area contributed by atoms with Gasteiger partial charge in [0.2, 0.25) is 0 Å². The number of anilines is 2. The van der Waals surface area contributed by atoms with Gasteiger partial charge in [0, 0.05) is 15.2 Å². The van der Waals surface area contributed by atoms with Gasteiger partial charge < -0.3 is 10.1 Å². The van der Waals surface area contributed by atoms with Crippen molar-refractivity contribution >= 4 is 77.4 Å². The topological polar surface area (TPSA) is 89.3 Å². The molecule has 0 unspecified atom stereocenters. The van der Waals surface area contributed by atoms with Gasteiger partial charge in [-0.05, 0) is 46.3 Å². The number of nitrogen functional groups attached to an aromatic ring is 1. The summed E-state index contributed by atoms with van der Waals surface area (Å²) in [4.78, 5) is 16.4. The quantitative estimate of drug-likeness (QED) is 0.379. The number of aromatic nitrogens is 1. The average molecular weight is 462 g/mol. The summed E-state index contributed by atoms with van der Waals surface area (Å²) in [5, 5.41) is 4.19. The predicted molar refractivity (Wildman–Crippen MR) is 106 cm³/mol. The number of thiazole rings is 1. The van der Waals surface area contributed by atoms with E-state index in [4.69, 9.17) is 33.8 Å². The predicted octanol–water partition coefficient (Wildman–Crippen LogP) is 4.67. The number of hydrogen-bond acceptors (Lipinski definition) is 6. The number of hydrogen-bond donors (Lipinski definition) is 3. The molecule has 1 heterocycles. The Morgan fingerprint density at radius 2 is 2.12 bits per heavy atom. The van der Waals surface area contributed by atoms with E-state index < -0.39 is 0 Å². The lowest BCUT2D eigenvalue weighted by Gasteiger charge is -2.09. The van der Waals surface area contributed by atoms with Crippen LogP contribution in [0.3, 0.4) is 0 Å². The molecule has 0 aliphatic heterocycles. The molecule has 1 aromatic heterocycles. The number of carbonyl (C=O) groups is 1. The molecular formula is C15H11BrCl2N4O2S. The highest BCUT2D eigenvalue weighted by molar-refractivity contribution is 9.10. The van der Waals surface area contributed by atoms with Crippen LogP contribution < -0.4 is 21.3 Å². The van der Waals surface area contributed by atoms with Crippen molar-refractivity contribution in [3.8, 4) is 5.75 Å². The van der Waals surface area contributed by atoms with Crippen molar-refractivity contribution in [3.63, 3.8) is 0 Å². The molecule has 0 saturated heterocycles. The minimum absolute atomic E-state index is 0.185. The standard InChI is InChI=1S/C15H11BrCl2N4O2S/c16-9-4-8(5-12-14(9)21-15(22-19)25-12)20-13(23)6-24-11-2-1-7(17)3-10(11)18/h1-5H,6,19H2,(H,20,23)(H,21,22). The first-order valence-corrected chi connectivity index (χ1v) is 9.27. The van der Waals surface area contributed by atoms with Crippen LogP contribution in [0.5, 0.6) is 5.75 Å². The summed E-state index contributed by atoms with van der Waals surface area (Å²) in [5.41, 5.74) is 3.89. The number of fused-ring (bicyclic) bond motifs is 1. The molecule has 10 heteroatoms. The molecule has 4 N–H and O–H groups in total. The summed E-state index contributed by atoms with van der Waals surface area (Å²) in [5.74, 6) is 5.44. The Hall–Kier alpha value is -1.58. The van der Waals surface area contributed by atoms with E-state index in [-0.39, 0.29) is 12.5 Å². The fourth-order valence-corrected chi connectivity index (χ4v) is 4.04. The lowest BCUT2D eigenvalue weighted by atomic mass is 10.3. The number of rotatable bonds is 5. The maximum Gasteiger partial charge on any atom is 0.262 e. The zero-order valence-electron chi connectivity index (χ0n) is 12.5. The first-order chi connectivity index (χ1) is 12.0. The zero-order chi connectivity index (χ0) is 18.0. The molecular weight excluding hydrogens is 451 g/mol. The van der Waals surface area contributed by atoms with Crippen LogP contribution in [0.4, 0.5) is 10.8 Å². The summed E-state index contributed by atoms with van der Waals surface area (Å²) in [6.45, 7) is -0.185. The lowest BCUT2D eigenvalue weighted by Crippen LogP contribution is -2.20. The minimum atomic E-state index is -0.320. The number of carbonyl (C=O) groups excluding carboxylic acids is 1. The third-order valence-corrected chi connectivity index (χ3v) is 5.18. The van der Waals surface area contributed by atoms with E-state index in [9.17, 15) is 4.79 Å². The number of nitrogens with two attached hydrogens (primary N) is 1. The van der Waals surface area contributed by atoms with Crippen molar-refractivity contribution in [2.45, 2.75) is 0 Å². The lowest BCUT2D eigenvalue weighted by molar-refractivity contribution is -0.118. The Morgan fingerprint density at radius 1 is 1.32 bits per heavy atom. The van der Waals surface area contributed by atoms with Crippen LogP contribution in [0.15, 0.2) is 34.8 Å². The summed E-state index contributed by atoms with van der Waals surface area (Å²) in [6.07, 6.45) is 0. The van der Waals surface area contributed by atoms with E-state index in [1.54, 1.807) is 24.3 Å². The van der Waals surface area contributed by atoms with Crippen molar-refractivity contribution in [1.29, 1.82) is 0 Å². The Bertz CT molecular complexity index is 951. The smallest absolute Gasteiger partial charge is 0.262 e. The van der Waals surface area contributed by atoms with Crippen molar-refractivity contribution in [2.75, 3.05) is 17.3 Å². The van der Waals surface area contributed by atoms with Gasteiger partial charge in [-0.1, -0.05) is 34.5 Å². The Kier molecular flexibility index (Phi) is 5.65. The second-order valence-electron chi connectivity index (χ2n) is 4.88. The van der Waals surface area contributed by atoms with E-state index in [0.29, 0.717) is 26.6 Å². The van der Waals surface area contributed by atoms with Crippen LogP contribution >= 0.6 is 50.5 Å². The second-order valence-corrected chi connectivity index (χ2v) is 7.61. The molecule has 0 fully saturated rings.